The van der Waals surface area contributed by atoms with Gasteiger partial charge in [0.2, 0.25) is 0 Å². The van der Waals surface area contributed by atoms with Crippen LogP contribution in [0.5, 0.6) is 0 Å². The Morgan fingerprint density at radius 3 is 2.70 bits per heavy atom. The molecule has 4 aromatic rings. The van der Waals surface area contributed by atoms with E-state index in [2.05, 4.69) is 24.3 Å². The van der Waals surface area contributed by atoms with Crippen LogP contribution < -0.4 is 5.32 Å². The maximum Gasteiger partial charge on any atom is 0.252 e. The molecule has 0 aliphatic carbocycles. The number of pyridine rings is 1. The van der Waals surface area contributed by atoms with Gasteiger partial charge in [0.1, 0.15) is 0 Å². The number of nitrogens with one attached hydrogen (secondary N) is 1. The number of amides is 1. The van der Waals surface area contributed by atoms with Crippen molar-refractivity contribution in [1.82, 2.24) is 20.1 Å². The fourth-order valence-electron chi connectivity index (χ4n) is 3.02. The zero-order chi connectivity index (χ0) is 18.8. The van der Waals surface area contributed by atoms with Gasteiger partial charge in [-0.3, -0.25) is 4.79 Å². The van der Waals surface area contributed by atoms with E-state index >= 15 is 0 Å². The zero-order valence-corrected chi connectivity index (χ0v) is 16.0. The summed E-state index contributed by atoms with van der Waals surface area (Å²) in [6, 6.07) is 15.9. The van der Waals surface area contributed by atoms with E-state index in [9.17, 15) is 4.79 Å². The molecule has 0 atom stereocenters. The molecular weight excluding hydrogens is 356 g/mol. The number of fused-ring (bicyclic) bond motifs is 1. The van der Waals surface area contributed by atoms with Gasteiger partial charge in [-0.25, -0.2) is 9.67 Å². The number of carbonyl (C=O) groups is 1. The lowest BCUT2D eigenvalue weighted by molar-refractivity contribution is 0.0953. The van der Waals surface area contributed by atoms with Crippen molar-refractivity contribution in [3.05, 3.63) is 70.5 Å². The first-order chi connectivity index (χ1) is 13.1. The molecule has 0 saturated carbocycles. The van der Waals surface area contributed by atoms with Gasteiger partial charge < -0.3 is 5.32 Å². The van der Waals surface area contributed by atoms with Gasteiger partial charge in [0.25, 0.3) is 5.91 Å². The molecule has 0 spiro atoms. The minimum atomic E-state index is -0.115. The molecule has 0 fully saturated rings. The van der Waals surface area contributed by atoms with E-state index in [1.54, 1.807) is 17.5 Å². The van der Waals surface area contributed by atoms with Crippen LogP contribution in [-0.4, -0.2) is 20.7 Å². The Kier molecular flexibility index (Phi) is 4.73. The molecule has 0 aliphatic heterocycles. The molecule has 0 bridgehead atoms. The van der Waals surface area contributed by atoms with Gasteiger partial charge in [0.15, 0.2) is 5.65 Å². The Bertz CT molecular complexity index is 1070. The summed E-state index contributed by atoms with van der Waals surface area (Å²) in [6.07, 6.45) is 1.73. The summed E-state index contributed by atoms with van der Waals surface area (Å²) >= 11 is 1.63. The van der Waals surface area contributed by atoms with Gasteiger partial charge in [-0.1, -0.05) is 36.4 Å². The Morgan fingerprint density at radius 1 is 1.19 bits per heavy atom. The highest BCUT2D eigenvalue weighted by atomic mass is 32.1. The second-order valence-electron chi connectivity index (χ2n) is 6.60. The smallest absolute Gasteiger partial charge is 0.252 e. The second-order valence-corrected chi connectivity index (χ2v) is 7.64. The summed E-state index contributed by atoms with van der Waals surface area (Å²) in [7, 11) is 0. The van der Waals surface area contributed by atoms with E-state index in [1.807, 2.05) is 58.6 Å². The first kappa shape index (κ1) is 17.4. The monoisotopic (exact) mass is 376 g/mol. The third-order valence-electron chi connectivity index (χ3n) is 4.37. The number of aromatic nitrogens is 3. The van der Waals surface area contributed by atoms with Gasteiger partial charge >= 0.3 is 0 Å². The van der Waals surface area contributed by atoms with Gasteiger partial charge in [-0.2, -0.15) is 5.10 Å². The van der Waals surface area contributed by atoms with E-state index in [0.717, 1.165) is 27.2 Å². The van der Waals surface area contributed by atoms with Crippen molar-refractivity contribution in [2.45, 2.75) is 26.4 Å². The van der Waals surface area contributed by atoms with Crippen LogP contribution >= 0.6 is 11.3 Å². The van der Waals surface area contributed by atoms with Crippen molar-refractivity contribution in [3.8, 4) is 11.3 Å². The van der Waals surface area contributed by atoms with Crippen molar-refractivity contribution in [2.24, 2.45) is 0 Å². The fourth-order valence-corrected chi connectivity index (χ4v) is 3.66. The summed E-state index contributed by atoms with van der Waals surface area (Å²) in [5, 5.41) is 10.3. The lowest BCUT2D eigenvalue weighted by Crippen LogP contribution is -2.22. The predicted octanol–water partition coefficient (Wildman–Crippen LogP) is 4.67. The van der Waals surface area contributed by atoms with Crippen LogP contribution in [0.3, 0.4) is 0 Å². The van der Waals surface area contributed by atoms with Crippen LogP contribution in [0.2, 0.25) is 0 Å². The van der Waals surface area contributed by atoms with Gasteiger partial charge in [0.05, 0.1) is 29.4 Å². The molecule has 1 N–H and O–H groups in total. The van der Waals surface area contributed by atoms with Crippen molar-refractivity contribution < 1.29 is 4.79 Å². The number of thiophene rings is 1. The van der Waals surface area contributed by atoms with E-state index in [1.165, 1.54) is 0 Å². The van der Waals surface area contributed by atoms with Crippen LogP contribution in [0.15, 0.2) is 60.1 Å². The van der Waals surface area contributed by atoms with Gasteiger partial charge in [-0.05, 0) is 31.4 Å². The molecule has 136 valence electrons. The summed E-state index contributed by atoms with van der Waals surface area (Å²) in [5.74, 6) is -0.115. The average Bonchev–Trinajstić information content (AvgIpc) is 3.35. The third kappa shape index (κ3) is 3.48. The molecule has 1 amide bonds. The largest absolute Gasteiger partial charge is 0.347 e. The average molecular weight is 376 g/mol. The van der Waals surface area contributed by atoms with Crippen LogP contribution in [-0.2, 0) is 6.54 Å². The molecule has 0 radical (unpaired) electrons. The van der Waals surface area contributed by atoms with Gasteiger partial charge in [0, 0.05) is 16.5 Å². The molecule has 27 heavy (non-hydrogen) atoms. The van der Waals surface area contributed by atoms with Crippen LogP contribution in [0.1, 0.15) is 35.1 Å². The fraction of sp³-hybridized carbons (Fsp3) is 0.190. The van der Waals surface area contributed by atoms with Crippen LogP contribution in [0.4, 0.5) is 0 Å². The van der Waals surface area contributed by atoms with Crippen LogP contribution in [0, 0.1) is 0 Å². The Hall–Kier alpha value is -2.99. The molecule has 5 nitrogen and oxygen atoms in total. The Balaban J connectivity index is 1.79. The highest BCUT2D eigenvalue weighted by molar-refractivity contribution is 7.09. The maximum atomic E-state index is 12.9. The zero-order valence-electron chi connectivity index (χ0n) is 15.2. The molecule has 0 saturated heterocycles. The summed E-state index contributed by atoms with van der Waals surface area (Å²) < 4.78 is 1.86. The van der Waals surface area contributed by atoms with Gasteiger partial charge in [-0.15, -0.1) is 11.3 Å². The van der Waals surface area contributed by atoms with Crippen molar-refractivity contribution >= 4 is 28.3 Å². The van der Waals surface area contributed by atoms with Crippen LogP contribution in [0.25, 0.3) is 22.3 Å². The molecule has 6 heteroatoms. The number of carbonyl (C=O) groups excluding carboxylic acids is 1. The Labute approximate surface area is 161 Å². The first-order valence-corrected chi connectivity index (χ1v) is 9.75. The number of benzene rings is 1. The van der Waals surface area contributed by atoms with E-state index in [0.29, 0.717) is 12.1 Å². The van der Waals surface area contributed by atoms with Crippen molar-refractivity contribution in [2.75, 3.05) is 0 Å². The van der Waals surface area contributed by atoms with E-state index in [-0.39, 0.29) is 11.9 Å². The lowest BCUT2D eigenvalue weighted by atomic mass is 10.1. The predicted molar refractivity (Wildman–Crippen MR) is 109 cm³/mol. The molecular formula is C21H20N4OS. The summed E-state index contributed by atoms with van der Waals surface area (Å²) in [6.45, 7) is 4.62. The minimum absolute atomic E-state index is 0.115. The molecule has 0 aliphatic rings. The topological polar surface area (TPSA) is 59.8 Å². The molecule has 4 rings (SSSR count). The number of nitrogens with zero attached hydrogens (tertiary/aromatic N) is 3. The van der Waals surface area contributed by atoms with E-state index in [4.69, 9.17) is 4.98 Å². The molecule has 3 heterocycles. The van der Waals surface area contributed by atoms with E-state index < -0.39 is 0 Å². The molecule has 3 aromatic heterocycles. The number of hydrogen-bond acceptors (Lipinski definition) is 4. The number of hydrogen-bond donors (Lipinski definition) is 1. The first-order valence-electron chi connectivity index (χ1n) is 8.88. The highest BCUT2D eigenvalue weighted by Crippen LogP contribution is 2.26. The quantitative estimate of drug-likeness (QED) is 0.551. The SMILES string of the molecule is CC(C)n1ncc2c(C(=O)NCc3cccs3)cc(-c3ccccc3)nc21. The normalized spacial score (nSPS) is 11.2. The summed E-state index contributed by atoms with van der Waals surface area (Å²) in [5.41, 5.74) is 3.07. The third-order valence-corrected chi connectivity index (χ3v) is 5.25. The lowest BCUT2D eigenvalue weighted by Gasteiger charge is -2.11. The standard InChI is InChI=1S/C21H20N4OS/c1-14(2)25-20-18(13-23-25)17(21(26)22-12-16-9-6-10-27-16)11-19(24-20)15-7-4-3-5-8-15/h3-11,13-14H,12H2,1-2H3,(H,22,26). The highest BCUT2D eigenvalue weighted by Gasteiger charge is 2.18. The van der Waals surface area contributed by atoms with Crippen molar-refractivity contribution in [3.63, 3.8) is 0 Å². The molecule has 1 aromatic carbocycles. The Morgan fingerprint density at radius 2 is 2.00 bits per heavy atom. The maximum absolute atomic E-state index is 12.9. The van der Waals surface area contributed by atoms with Crippen molar-refractivity contribution in [1.29, 1.82) is 0 Å². The second kappa shape index (κ2) is 7.32. The summed E-state index contributed by atoms with van der Waals surface area (Å²) in [4.78, 5) is 18.9. The molecule has 0 unspecified atom stereocenters. The minimum Gasteiger partial charge on any atom is -0.347 e. The number of rotatable bonds is 5.